The van der Waals surface area contributed by atoms with E-state index in [-0.39, 0.29) is 23.5 Å². The maximum atomic E-state index is 13.1. The largest absolute Gasteiger partial charge is 0.493 e. The summed E-state index contributed by atoms with van der Waals surface area (Å²) in [6.45, 7) is -0.335. The van der Waals surface area contributed by atoms with E-state index in [2.05, 4.69) is 15.4 Å². The molecule has 0 radical (unpaired) electrons. The molecule has 1 aliphatic carbocycles. The van der Waals surface area contributed by atoms with Crippen LogP contribution in [0.15, 0.2) is 58.7 Å². The van der Waals surface area contributed by atoms with Crippen molar-refractivity contribution in [3.05, 3.63) is 85.3 Å². The molecule has 11 nitrogen and oxygen atoms in total. The quantitative estimate of drug-likeness (QED) is 0.204. The number of methoxy groups -OCH3 is 1. The zero-order valence-corrected chi connectivity index (χ0v) is 21.2. The molecule has 1 aliphatic rings. The first-order valence-corrected chi connectivity index (χ1v) is 12.7. The van der Waals surface area contributed by atoms with Gasteiger partial charge in [0.1, 0.15) is 11.2 Å². The van der Waals surface area contributed by atoms with Crippen molar-refractivity contribution < 1.29 is 19.2 Å². The number of carbonyl (C=O) groups is 1. The van der Waals surface area contributed by atoms with Crippen LogP contribution in [-0.4, -0.2) is 40.4 Å². The molecule has 0 spiro atoms. The third-order valence-electron chi connectivity index (χ3n) is 6.08. The number of nitrogens with zero attached hydrogens (tertiary/aromatic N) is 4. The summed E-state index contributed by atoms with van der Waals surface area (Å²) in [5.74, 6) is 0.199. The fourth-order valence-electron chi connectivity index (χ4n) is 4.27. The number of nitro groups is 1. The van der Waals surface area contributed by atoms with Crippen molar-refractivity contribution in [1.82, 2.24) is 9.66 Å². The smallest absolute Gasteiger partial charge is 0.282 e. The number of fused-ring (bicyclic) bond motifs is 3. The number of hydrogen-bond donors (Lipinski definition) is 1. The Labute approximate surface area is 220 Å². The molecule has 0 atom stereocenters. The average molecular weight is 534 g/mol. The van der Waals surface area contributed by atoms with Crippen molar-refractivity contribution in [2.75, 3.05) is 19.0 Å². The van der Waals surface area contributed by atoms with Gasteiger partial charge in [0.15, 0.2) is 18.1 Å². The van der Waals surface area contributed by atoms with E-state index in [0.29, 0.717) is 22.4 Å². The molecule has 4 aromatic rings. The Kier molecular flexibility index (Phi) is 7.13. The number of non-ortho nitro benzene ring substituents is 1. The van der Waals surface area contributed by atoms with Crippen molar-refractivity contribution >= 4 is 45.0 Å². The Hall–Kier alpha value is -4.58. The summed E-state index contributed by atoms with van der Waals surface area (Å²) in [5.41, 5.74) is 1.73. The minimum atomic E-state index is -0.539. The predicted octanol–water partition coefficient (Wildman–Crippen LogP) is 4.15. The Bertz CT molecular complexity index is 1630. The zero-order chi connectivity index (χ0) is 26.6. The highest BCUT2D eigenvalue weighted by Crippen LogP contribution is 2.33. The summed E-state index contributed by atoms with van der Waals surface area (Å²) in [7, 11) is 1.47. The molecule has 0 aliphatic heterocycles. The van der Waals surface area contributed by atoms with Crippen LogP contribution in [0.5, 0.6) is 11.5 Å². The number of nitrogens with one attached hydrogen (secondary N) is 1. The lowest BCUT2D eigenvalue weighted by Crippen LogP contribution is -2.20. The molecule has 1 amide bonds. The normalized spacial score (nSPS) is 12.9. The van der Waals surface area contributed by atoms with E-state index in [1.54, 1.807) is 35.6 Å². The lowest BCUT2D eigenvalue weighted by molar-refractivity contribution is -0.384. The molecule has 12 heteroatoms. The molecule has 1 N–H and O–H groups in total. The number of aryl methyl sites for hydroxylation is 2. The van der Waals surface area contributed by atoms with Crippen molar-refractivity contribution in [3.8, 4) is 11.5 Å². The van der Waals surface area contributed by atoms with Gasteiger partial charge in [-0.3, -0.25) is 19.7 Å². The van der Waals surface area contributed by atoms with Crippen LogP contribution >= 0.6 is 11.3 Å². The summed E-state index contributed by atoms with van der Waals surface area (Å²) in [4.78, 5) is 42.2. The Balaban J connectivity index is 1.28. The summed E-state index contributed by atoms with van der Waals surface area (Å²) < 4.78 is 12.2. The maximum absolute atomic E-state index is 13.1. The lowest BCUT2D eigenvalue weighted by atomic mass is 9.97. The van der Waals surface area contributed by atoms with Crippen molar-refractivity contribution in [1.29, 1.82) is 0 Å². The van der Waals surface area contributed by atoms with Crippen LogP contribution in [0, 0.1) is 10.1 Å². The number of aromatic nitrogens is 2. The standard InChI is InChI=1S/C26H23N5O6S/c1-36-21-11-16(9-10-20(21)37-14-23(32)29-17-5-4-6-18(12-17)31(34)35)13-28-30-15-27-25-24(26(30)33)19-7-2-3-8-22(19)38-25/h4-6,9-13,15H,2-3,7-8,14H2,1H3,(H,29,32)/b28-13-. The van der Waals surface area contributed by atoms with E-state index in [0.717, 1.165) is 36.1 Å². The predicted molar refractivity (Wildman–Crippen MR) is 144 cm³/mol. The van der Waals surface area contributed by atoms with Gasteiger partial charge in [-0.1, -0.05) is 6.07 Å². The minimum Gasteiger partial charge on any atom is -0.493 e. The second-order valence-electron chi connectivity index (χ2n) is 8.58. The van der Waals surface area contributed by atoms with E-state index in [1.165, 1.54) is 47.4 Å². The molecule has 2 aromatic carbocycles. The second kappa shape index (κ2) is 10.8. The number of rotatable bonds is 8. The first-order chi connectivity index (χ1) is 18.4. The van der Waals surface area contributed by atoms with Gasteiger partial charge in [0, 0.05) is 22.7 Å². The molecule has 194 valence electrons. The maximum Gasteiger partial charge on any atom is 0.282 e. The number of anilines is 1. The van der Waals surface area contributed by atoms with E-state index in [1.807, 2.05) is 0 Å². The van der Waals surface area contributed by atoms with E-state index in [4.69, 9.17) is 9.47 Å². The molecule has 0 saturated heterocycles. The highest BCUT2D eigenvalue weighted by Gasteiger charge is 2.20. The van der Waals surface area contributed by atoms with Gasteiger partial charge in [-0.2, -0.15) is 9.78 Å². The summed E-state index contributed by atoms with van der Waals surface area (Å²) >= 11 is 1.59. The first kappa shape index (κ1) is 25.1. The Morgan fingerprint density at radius 1 is 1.24 bits per heavy atom. The highest BCUT2D eigenvalue weighted by atomic mass is 32.1. The minimum absolute atomic E-state index is 0.129. The monoisotopic (exact) mass is 533 g/mol. The molecular formula is C26H23N5O6S. The van der Waals surface area contributed by atoms with Crippen molar-refractivity contribution in [2.45, 2.75) is 25.7 Å². The first-order valence-electron chi connectivity index (χ1n) is 11.8. The van der Waals surface area contributed by atoms with Gasteiger partial charge >= 0.3 is 0 Å². The molecule has 2 aromatic heterocycles. The molecule has 0 fully saturated rings. The summed E-state index contributed by atoms with van der Waals surface area (Å²) in [6.07, 6.45) is 7.04. The highest BCUT2D eigenvalue weighted by molar-refractivity contribution is 7.18. The Morgan fingerprint density at radius 2 is 2.08 bits per heavy atom. The number of hydrogen-bond acceptors (Lipinski definition) is 9. The van der Waals surface area contributed by atoms with Gasteiger partial charge in [-0.25, -0.2) is 4.98 Å². The topological polar surface area (TPSA) is 138 Å². The van der Waals surface area contributed by atoms with E-state index >= 15 is 0 Å². The number of amides is 1. The van der Waals surface area contributed by atoms with Gasteiger partial charge in [0.2, 0.25) is 0 Å². The molecule has 5 rings (SSSR count). The molecule has 0 saturated carbocycles. The van der Waals surface area contributed by atoms with Gasteiger partial charge in [0.25, 0.3) is 17.2 Å². The van der Waals surface area contributed by atoms with Gasteiger partial charge < -0.3 is 14.8 Å². The van der Waals surface area contributed by atoms with Crippen LogP contribution in [0.4, 0.5) is 11.4 Å². The van der Waals surface area contributed by atoms with Gasteiger partial charge in [-0.05, 0) is 61.1 Å². The van der Waals surface area contributed by atoms with Crippen molar-refractivity contribution in [2.24, 2.45) is 5.10 Å². The van der Waals surface area contributed by atoms with Crippen LogP contribution < -0.4 is 20.3 Å². The lowest BCUT2D eigenvalue weighted by Gasteiger charge is -2.11. The zero-order valence-electron chi connectivity index (χ0n) is 20.4. The number of benzene rings is 2. The van der Waals surface area contributed by atoms with Crippen LogP contribution in [0.2, 0.25) is 0 Å². The number of nitro benzene ring substituents is 1. The molecule has 0 bridgehead atoms. The SMILES string of the molecule is COc1cc(/C=N\n2cnc3sc4c(c3c2=O)CCCC4)ccc1OCC(=O)Nc1cccc([N+](=O)[O-])c1. The summed E-state index contributed by atoms with van der Waals surface area (Å²) in [6, 6.07) is 10.6. The number of carbonyl (C=O) groups excluding carboxylic acids is 1. The van der Waals surface area contributed by atoms with Gasteiger partial charge in [0.05, 0.1) is 23.6 Å². The van der Waals surface area contributed by atoms with E-state index < -0.39 is 10.8 Å². The fourth-order valence-corrected chi connectivity index (χ4v) is 5.49. The number of thiophene rings is 1. The summed E-state index contributed by atoms with van der Waals surface area (Å²) in [5, 5.41) is 18.4. The third-order valence-corrected chi connectivity index (χ3v) is 7.28. The molecule has 2 heterocycles. The molecular weight excluding hydrogens is 510 g/mol. The second-order valence-corrected chi connectivity index (χ2v) is 9.67. The van der Waals surface area contributed by atoms with Crippen LogP contribution in [0.25, 0.3) is 10.2 Å². The Morgan fingerprint density at radius 3 is 2.89 bits per heavy atom. The molecule has 0 unspecified atom stereocenters. The number of ether oxygens (including phenoxy) is 2. The van der Waals surface area contributed by atoms with Crippen LogP contribution in [0.3, 0.4) is 0 Å². The van der Waals surface area contributed by atoms with Crippen LogP contribution in [0.1, 0.15) is 28.8 Å². The van der Waals surface area contributed by atoms with Gasteiger partial charge in [-0.15, -0.1) is 11.3 Å². The third kappa shape index (κ3) is 5.25. The fraction of sp³-hybridized carbons (Fsp3) is 0.231. The van der Waals surface area contributed by atoms with Crippen molar-refractivity contribution in [3.63, 3.8) is 0 Å². The van der Waals surface area contributed by atoms with E-state index in [9.17, 15) is 19.7 Å². The van der Waals surface area contributed by atoms with Crippen LogP contribution in [-0.2, 0) is 17.6 Å². The average Bonchev–Trinajstić information content (AvgIpc) is 3.31. The molecule has 38 heavy (non-hydrogen) atoms.